The van der Waals surface area contributed by atoms with Crippen LogP contribution >= 0.6 is 23.2 Å². The summed E-state index contributed by atoms with van der Waals surface area (Å²) in [5.74, 6) is 1.000. The molecule has 1 saturated carbocycles. The van der Waals surface area contributed by atoms with Gasteiger partial charge in [-0.1, -0.05) is 61.4 Å². The monoisotopic (exact) mass is 298 g/mol. The van der Waals surface area contributed by atoms with Crippen LogP contribution in [0.4, 0.5) is 0 Å². The van der Waals surface area contributed by atoms with Crippen molar-refractivity contribution in [1.82, 2.24) is 0 Å². The molecule has 0 bridgehead atoms. The number of Topliss-reactive ketones (excluding diaryl/α,β-unsaturated/α-hetero) is 1. The normalized spacial score (nSPS) is 16.5. The Hall–Kier alpha value is -0.530. The number of halogens is 2. The van der Waals surface area contributed by atoms with Gasteiger partial charge in [0.1, 0.15) is 5.78 Å². The van der Waals surface area contributed by atoms with Crippen molar-refractivity contribution >= 4 is 29.0 Å². The molecule has 1 aromatic rings. The van der Waals surface area contributed by atoms with Crippen LogP contribution in [0.5, 0.6) is 0 Å². The van der Waals surface area contributed by atoms with Crippen LogP contribution in [-0.4, -0.2) is 5.78 Å². The van der Waals surface area contributed by atoms with Gasteiger partial charge >= 0.3 is 0 Å². The maximum Gasteiger partial charge on any atom is 0.137 e. The zero-order valence-electron chi connectivity index (χ0n) is 11.1. The van der Waals surface area contributed by atoms with Crippen LogP contribution in [0.1, 0.15) is 50.5 Å². The summed E-state index contributed by atoms with van der Waals surface area (Å²) in [5, 5.41) is 1.19. The van der Waals surface area contributed by atoms with Crippen molar-refractivity contribution in [3.05, 3.63) is 33.8 Å². The minimum Gasteiger partial charge on any atom is -0.299 e. The van der Waals surface area contributed by atoms with Crippen LogP contribution in [0, 0.1) is 5.92 Å². The topological polar surface area (TPSA) is 17.1 Å². The number of carbonyl (C=O) groups is 1. The molecule has 0 N–H and O–H groups in total. The van der Waals surface area contributed by atoms with E-state index in [1.807, 2.05) is 0 Å². The summed E-state index contributed by atoms with van der Waals surface area (Å²) in [6.07, 6.45) is 8.66. The number of carbonyl (C=O) groups excluding carboxylic acids is 1. The van der Waals surface area contributed by atoms with E-state index in [0.717, 1.165) is 17.9 Å². The van der Waals surface area contributed by atoms with E-state index in [0.29, 0.717) is 22.9 Å². The smallest absolute Gasteiger partial charge is 0.137 e. The van der Waals surface area contributed by atoms with Crippen molar-refractivity contribution in [1.29, 1.82) is 0 Å². The van der Waals surface area contributed by atoms with Crippen LogP contribution in [-0.2, 0) is 11.2 Å². The van der Waals surface area contributed by atoms with Crippen LogP contribution in [0.2, 0.25) is 10.0 Å². The first-order valence-corrected chi connectivity index (χ1v) is 7.87. The Morgan fingerprint density at radius 3 is 2.37 bits per heavy atom. The lowest BCUT2D eigenvalue weighted by atomic mass is 9.85. The average molecular weight is 299 g/mol. The van der Waals surface area contributed by atoms with Gasteiger partial charge in [-0.25, -0.2) is 0 Å². The molecule has 0 amide bonds. The Morgan fingerprint density at radius 1 is 1.11 bits per heavy atom. The number of benzene rings is 1. The zero-order chi connectivity index (χ0) is 13.7. The molecule has 2 rings (SSSR count). The van der Waals surface area contributed by atoms with Crippen LogP contribution in [0.3, 0.4) is 0 Å². The third-order valence-corrected chi connectivity index (χ3v) is 4.70. The largest absolute Gasteiger partial charge is 0.299 e. The van der Waals surface area contributed by atoms with E-state index >= 15 is 0 Å². The van der Waals surface area contributed by atoms with Crippen molar-refractivity contribution in [3.8, 4) is 0 Å². The maximum absolute atomic E-state index is 12.0. The molecule has 1 aliphatic rings. The van der Waals surface area contributed by atoms with Gasteiger partial charge < -0.3 is 0 Å². The minimum atomic E-state index is 0.251. The summed E-state index contributed by atoms with van der Waals surface area (Å²) in [7, 11) is 0. The number of hydrogen-bond donors (Lipinski definition) is 0. The first kappa shape index (κ1) is 14.9. The summed E-state index contributed by atoms with van der Waals surface area (Å²) in [5.41, 5.74) is 0.777. The van der Waals surface area contributed by atoms with E-state index in [1.165, 1.54) is 32.1 Å². The Kier molecular flexibility index (Phi) is 5.72. The lowest BCUT2D eigenvalue weighted by molar-refractivity contribution is -0.118. The van der Waals surface area contributed by atoms with Gasteiger partial charge in [0.2, 0.25) is 0 Å². The van der Waals surface area contributed by atoms with Crippen molar-refractivity contribution in [2.75, 3.05) is 0 Å². The molecule has 1 aromatic carbocycles. The molecular formula is C16H20Cl2O. The van der Waals surface area contributed by atoms with E-state index in [4.69, 9.17) is 23.2 Å². The van der Waals surface area contributed by atoms with Crippen molar-refractivity contribution in [2.24, 2.45) is 5.92 Å². The third-order valence-electron chi connectivity index (χ3n) is 3.99. The van der Waals surface area contributed by atoms with Crippen molar-refractivity contribution < 1.29 is 4.79 Å². The highest BCUT2D eigenvalue weighted by Crippen LogP contribution is 2.29. The van der Waals surface area contributed by atoms with Gasteiger partial charge in [0, 0.05) is 22.9 Å². The maximum atomic E-state index is 12.0. The van der Waals surface area contributed by atoms with E-state index in [2.05, 4.69) is 0 Å². The number of ketones is 1. The van der Waals surface area contributed by atoms with Crippen LogP contribution in [0.25, 0.3) is 0 Å². The minimum absolute atomic E-state index is 0.251. The quantitative estimate of drug-likeness (QED) is 0.705. The second-order valence-electron chi connectivity index (χ2n) is 5.46. The first-order chi connectivity index (χ1) is 9.16. The van der Waals surface area contributed by atoms with Gasteiger partial charge in [0.25, 0.3) is 0 Å². The molecule has 19 heavy (non-hydrogen) atoms. The zero-order valence-corrected chi connectivity index (χ0v) is 12.6. The Balaban J connectivity index is 1.83. The van der Waals surface area contributed by atoms with Crippen molar-refractivity contribution in [3.63, 3.8) is 0 Å². The molecule has 0 saturated heterocycles. The van der Waals surface area contributed by atoms with Gasteiger partial charge in [-0.05, 0) is 30.0 Å². The summed E-state index contributed by atoms with van der Waals surface area (Å²) in [6.45, 7) is 0. The molecule has 3 heteroatoms. The Morgan fingerprint density at radius 2 is 1.74 bits per heavy atom. The Labute approximate surface area is 125 Å². The van der Waals surface area contributed by atoms with Crippen LogP contribution < -0.4 is 0 Å². The van der Waals surface area contributed by atoms with E-state index in [-0.39, 0.29) is 5.78 Å². The standard InChI is InChI=1S/C16H20Cl2O/c17-15-7-4-8-16(18)14(15)11-13(19)10-9-12-5-2-1-3-6-12/h4,7-8,12H,1-3,5-6,9-11H2. The fourth-order valence-corrected chi connectivity index (χ4v) is 3.36. The summed E-state index contributed by atoms with van der Waals surface area (Å²) < 4.78 is 0. The van der Waals surface area contributed by atoms with Crippen LogP contribution in [0.15, 0.2) is 18.2 Å². The van der Waals surface area contributed by atoms with E-state index in [9.17, 15) is 4.79 Å². The fourth-order valence-electron chi connectivity index (χ4n) is 2.83. The molecule has 0 spiro atoms. The fraction of sp³-hybridized carbons (Fsp3) is 0.562. The molecule has 0 atom stereocenters. The Bertz CT molecular complexity index is 416. The predicted octanol–water partition coefficient (Wildman–Crippen LogP) is 5.47. The number of hydrogen-bond acceptors (Lipinski definition) is 1. The highest BCUT2D eigenvalue weighted by atomic mass is 35.5. The molecule has 0 aromatic heterocycles. The average Bonchev–Trinajstić information content (AvgIpc) is 2.42. The van der Waals surface area contributed by atoms with E-state index < -0.39 is 0 Å². The highest BCUT2D eigenvalue weighted by Gasteiger charge is 2.16. The second kappa shape index (κ2) is 7.31. The molecular weight excluding hydrogens is 279 g/mol. The van der Waals surface area contributed by atoms with Gasteiger partial charge in [-0.15, -0.1) is 0 Å². The molecule has 1 aliphatic carbocycles. The summed E-state index contributed by atoms with van der Waals surface area (Å²) in [4.78, 5) is 12.0. The molecule has 1 nitrogen and oxygen atoms in total. The second-order valence-corrected chi connectivity index (χ2v) is 6.27. The molecule has 0 unspecified atom stereocenters. The molecule has 0 aliphatic heterocycles. The highest BCUT2D eigenvalue weighted by molar-refractivity contribution is 6.36. The lowest BCUT2D eigenvalue weighted by Gasteiger charge is -2.20. The summed E-state index contributed by atoms with van der Waals surface area (Å²) in [6, 6.07) is 5.38. The molecule has 1 fully saturated rings. The number of rotatable bonds is 5. The SMILES string of the molecule is O=C(CCC1CCCCC1)Cc1c(Cl)cccc1Cl. The lowest BCUT2D eigenvalue weighted by Crippen LogP contribution is -2.10. The van der Waals surface area contributed by atoms with Gasteiger partial charge in [0.05, 0.1) is 0 Å². The molecule has 0 radical (unpaired) electrons. The molecule has 104 valence electrons. The van der Waals surface area contributed by atoms with Gasteiger partial charge in [0.15, 0.2) is 0 Å². The van der Waals surface area contributed by atoms with Gasteiger partial charge in [-0.2, -0.15) is 0 Å². The summed E-state index contributed by atoms with van der Waals surface area (Å²) >= 11 is 12.2. The van der Waals surface area contributed by atoms with Gasteiger partial charge in [-0.3, -0.25) is 4.79 Å². The predicted molar refractivity (Wildman–Crippen MR) is 81.0 cm³/mol. The molecule has 0 heterocycles. The third kappa shape index (κ3) is 4.50. The van der Waals surface area contributed by atoms with E-state index in [1.54, 1.807) is 18.2 Å². The van der Waals surface area contributed by atoms with Crippen molar-refractivity contribution in [2.45, 2.75) is 51.4 Å². The first-order valence-electron chi connectivity index (χ1n) is 7.11.